The SMILES string of the molecule is CC/C=C\C/C=C\C/C=C\C/C=C\C/C=C\CCCCCCCC(=O)OCC(COC(=O)CCCCCCC/C=C\CCCCC)OC(=O)CCCCCCCC/C=C\C/C=C\C/C=C\C/C=C\CC. The normalized spacial score (nSPS) is 13.0. The van der Waals surface area contributed by atoms with Crippen molar-refractivity contribution in [2.45, 2.75) is 252 Å². The largest absolute Gasteiger partial charge is 0.462 e. The lowest BCUT2D eigenvalue weighted by Crippen LogP contribution is -2.30. The fourth-order valence-corrected chi connectivity index (χ4v) is 7.45. The predicted octanol–water partition coefficient (Wildman–Crippen LogP) is 19.3. The number of allylic oxidation sites excluding steroid dienone is 20. The maximum atomic E-state index is 12.9. The Labute approximate surface area is 431 Å². The van der Waals surface area contributed by atoms with Gasteiger partial charge >= 0.3 is 17.9 Å². The quantitative estimate of drug-likeness (QED) is 0.0262. The van der Waals surface area contributed by atoms with Crippen molar-refractivity contribution in [3.63, 3.8) is 0 Å². The number of hydrogen-bond donors (Lipinski definition) is 0. The standard InChI is InChI=1S/C64H104O6/c1-4-7-10-13-16-19-22-25-27-29-31-32-34-35-37-39-42-45-48-51-54-57-63(66)69-60-61(59-68-62(65)56-53-50-47-44-41-24-21-18-15-12-9-6-3)70-64(67)58-55-52-49-46-43-40-38-36-33-30-28-26-23-20-17-14-11-8-5-2/h7-8,10-11,16-21,25-28,31-33,35-37,61H,4-6,9,12-15,22-24,29-30,34,38-60H2,1-3H3/b10-7-,11-8-,19-16-,20-17-,21-18-,27-25-,28-26-,32-31-,36-33-,37-35-. The summed E-state index contributed by atoms with van der Waals surface area (Å²) < 4.78 is 16.8. The lowest BCUT2D eigenvalue weighted by molar-refractivity contribution is -0.167. The average Bonchev–Trinajstić information content (AvgIpc) is 3.36. The van der Waals surface area contributed by atoms with E-state index in [0.29, 0.717) is 19.3 Å². The Balaban J connectivity index is 4.45. The zero-order chi connectivity index (χ0) is 50.7. The van der Waals surface area contributed by atoms with Crippen LogP contribution in [0.2, 0.25) is 0 Å². The molecule has 0 aliphatic carbocycles. The van der Waals surface area contributed by atoms with Crippen LogP contribution in [0.4, 0.5) is 0 Å². The van der Waals surface area contributed by atoms with E-state index in [1.807, 2.05) is 0 Å². The summed E-state index contributed by atoms with van der Waals surface area (Å²) in [6, 6.07) is 0. The second kappa shape index (κ2) is 57.4. The van der Waals surface area contributed by atoms with E-state index in [4.69, 9.17) is 14.2 Å². The summed E-state index contributed by atoms with van der Waals surface area (Å²) in [5, 5.41) is 0. The van der Waals surface area contributed by atoms with Crippen molar-refractivity contribution in [1.82, 2.24) is 0 Å². The van der Waals surface area contributed by atoms with Crippen LogP contribution >= 0.6 is 0 Å². The molecule has 1 unspecified atom stereocenters. The second-order valence-electron chi connectivity index (χ2n) is 18.4. The number of hydrogen-bond acceptors (Lipinski definition) is 6. The van der Waals surface area contributed by atoms with E-state index in [1.165, 1.54) is 44.9 Å². The molecule has 0 aliphatic rings. The molecule has 0 aromatic rings. The molecule has 0 spiro atoms. The van der Waals surface area contributed by atoms with Crippen LogP contribution in [-0.4, -0.2) is 37.2 Å². The highest BCUT2D eigenvalue weighted by Gasteiger charge is 2.19. The van der Waals surface area contributed by atoms with Gasteiger partial charge in [0.05, 0.1) is 0 Å². The molecular weight excluding hydrogens is 865 g/mol. The summed E-state index contributed by atoms with van der Waals surface area (Å²) in [6.45, 7) is 6.35. The van der Waals surface area contributed by atoms with Gasteiger partial charge in [0.2, 0.25) is 0 Å². The third-order valence-electron chi connectivity index (χ3n) is 11.7. The lowest BCUT2D eigenvalue weighted by atomic mass is 10.1. The van der Waals surface area contributed by atoms with Crippen molar-refractivity contribution in [2.24, 2.45) is 0 Å². The van der Waals surface area contributed by atoms with Gasteiger partial charge in [-0.2, -0.15) is 0 Å². The van der Waals surface area contributed by atoms with Gasteiger partial charge in [-0.1, -0.05) is 219 Å². The Morgan fingerprint density at radius 1 is 0.300 bits per heavy atom. The van der Waals surface area contributed by atoms with Gasteiger partial charge in [0.1, 0.15) is 13.2 Å². The third-order valence-corrected chi connectivity index (χ3v) is 11.7. The number of ether oxygens (including phenoxy) is 3. The van der Waals surface area contributed by atoms with Crippen molar-refractivity contribution in [1.29, 1.82) is 0 Å². The Hall–Kier alpha value is -4.19. The molecule has 396 valence electrons. The Kier molecular flexibility index (Phi) is 54.0. The first-order chi connectivity index (χ1) is 34.5. The minimum atomic E-state index is -0.801. The summed E-state index contributed by atoms with van der Waals surface area (Å²) in [4.78, 5) is 38.1. The van der Waals surface area contributed by atoms with Gasteiger partial charge in [0.25, 0.3) is 0 Å². The summed E-state index contributed by atoms with van der Waals surface area (Å²) in [5.41, 5.74) is 0. The van der Waals surface area contributed by atoms with Crippen molar-refractivity contribution in [2.75, 3.05) is 13.2 Å². The average molecular weight is 970 g/mol. The van der Waals surface area contributed by atoms with Crippen molar-refractivity contribution in [3.05, 3.63) is 122 Å². The molecule has 0 saturated heterocycles. The maximum Gasteiger partial charge on any atom is 0.306 e. The van der Waals surface area contributed by atoms with Crippen LogP contribution in [-0.2, 0) is 28.6 Å². The molecule has 70 heavy (non-hydrogen) atoms. The van der Waals surface area contributed by atoms with Gasteiger partial charge in [0, 0.05) is 19.3 Å². The smallest absolute Gasteiger partial charge is 0.306 e. The molecule has 0 saturated carbocycles. The first-order valence-electron chi connectivity index (χ1n) is 28.5. The monoisotopic (exact) mass is 969 g/mol. The number of carbonyl (C=O) groups excluding carboxylic acids is 3. The number of unbranched alkanes of at least 4 members (excludes halogenated alkanes) is 19. The molecule has 0 fully saturated rings. The fourth-order valence-electron chi connectivity index (χ4n) is 7.45. The van der Waals surface area contributed by atoms with Crippen molar-refractivity contribution < 1.29 is 28.6 Å². The lowest BCUT2D eigenvalue weighted by Gasteiger charge is -2.18. The zero-order valence-corrected chi connectivity index (χ0v) is 45.2. The molecule has 0 radical (unpaired) electrons. The van der Waals surface area contributed by atoms with E-state index in [2.05, 4.69) is 142 Å². The topological polar surface area (TPSA) is 78.9 Å². The van der Waals surface area contributed by atoms with E-state index in [0.717, 1.165) is 161 Å². The minimum Gasteiger partial charge on any atom is -0.462 e. The molecule has 0 aliphatic heterocycles. The number of rotatable bonds is 50. The van der Waals surface area contributed by atoms with E-state index in [-0.39, 0.29) is 31.1 Å². The highest BCUT2D eigenvalue weighted by Crippen LogP contribution is 2.14. The molecule has 0 rings (SSSR count). The third kappa shape index (κ3) is 54.7. The predicted molar refractivity (Wildman–Crippen MR) is 302 cm³/mol. The van der Waals surface area contributed by atoms with Crippen LogP contribution < -0.4 is 0 Å². The van der Waals surface area contributed by atoms with Crippen LogP contribution in [0.3, 0.4) is 0 Å². The molecule has 0 bridgehead atoms. The van der Waals surface area contributed by atoms with E-state index in [9.17, 15) is 14.4 Å². The molecule has 0 aromatic heterocycles. The Morgan fingerprint density at radius 3 is 0.886 bits per heavy atom. The van der Waals surface area contributed by atoms with Gasteiger partial charge in [-0.25, -0.2) is 0 Å². The number of esters is 3. The molecule has 1 atom stereocenters. The van der Waals surface area contributed by atoms with Gasteiger partial charge < -0.3 is 14.2 Å². The molecule has 0 N–H and O–H groups in total. The zero-order valence-electron chi connectivity index (χ0n) is 45.2. The van der Waals surface area contributed by atoms with E-state index < -0.39 is 6.10 Å². The van der Waals surface area contributed by atoms with Gasteiger partial charge in [-0.15, -0.1) is 0 Å². The first-order valence-corrected chi connectivity index (χ1v) is 28.5. The van der Waals surface area contributed by atoms with Crippen molar-refractivity contribution >= 4 is 17.9 Å². The van der Waals surface area contributed by atoms with Crippen LogP contribution in [0, 0.1) is 0 Å². The van der Waals surface area contributed by atoms with Crippen LogP contribution in [0.25, 0.3) is 0 Å². The summed E-state index contributed by atoms with van der Waals surface area (Å²) in [6.07, 6.45) is 79.0. The maximum absolute atomic E-state index is 12.9. The van der Waals surface area contributed by atoms with E-state index >= 15 is 0 Å². The minimum absolute atomic E-state index is 0.0976. The van der Waals surface area contributed by atoms with Crippen LogP contribution in [0.1, 0.15) is 245 Å². The molecule has 6 nitrogen and oxygen atoms in total. The Morgan fingerprint density at radius 2 is 0.557 bits per heavy atom. The summed E-state index contributed by atoms with van der Waals surface area (Å²) in [7, 11) is 0. The Bertz CT molecular complexity index is 1490. The second-order valence-corrected chi connectivity index (χ2v) is 18.4. The molecule has 0 aromatic carbocycles. The van der Waals surface area contributed by atoms with Gasteiger partial charge in [-0.3, -0.25) is 14.4 Å². The molecular formula is C64H104O6. The highest BCUT2D eigenvalue weighted by atomic mass is 16.6. The van der Waals surface area contributed by atoms with Gasteiger partial charge in [0.15, 0.2) is 6.10 Å². The van der Waals surface area contributed by atoms with Gasteiger partial charge in [-0.05, 0) is 128 Å². The van der Waals surface area contributed by atoms with Crippen LogP contribution in [0.5, 0.6) is 0 Å². The summed E-state index contributed by atoms with van der Waals surface area (Å²) in [5.74, 6) is -0.942. The highest BCUT2D eigenvalue weighted by molar-refractivity contribution is 5.71. The summed E-state index contributed by atoms with van der Waals surface area (Å²) >= 11 is 0. The van der Waals surface area contributed by atoms with Crippen LogP contribution in [0.15, 0.2) is 122 Å². The first kappa shape index (κ1) is 65.8. The van der Waals surface area contributed by atoms with Crippen molar-refractivity contribution in [3.8, 4) is 0 Å². The molecule has 0 amide bonds. The molecule has 0 heterocycles. The van der Waals surface area contributed by atoms with E-state index in [1.54, 1.807) is 0 Å². The molecule has 6 heteroatoms. The number of carbonyl (C=O) groups is 3. The fraction of sp³-hybridized carbons (Fsp3) is 0.641.